The van der Waals surface area contributed by atoms with Crippen molar-refractivity contribution in [1.29, 1.82) is 0 Å². The molecule has 1 rings (SSSR count). The molecule has 21 heavy (non-hydrogen) atoms. The van der Waals surface area contributed by atoms with E-state index in [2.05, 4.69) is 4.72 Å². The van der Waals surface area contributed by atoms with E-state index in [1.165, 1.54) is 13.8 Å². The molecule has 1 atom stereocenters. The molecule has 0 aliphatic carbocycles. The highest BCUT2D eigenvalue weighted by Gasteiger charge is 2.31. The largest absolute Gasteiger partial charge is 0.481 e. The number of rotatable bonds is 5. The van der Waals surface area contributed by atoms with Crippen LogP contribution in [-0.4, -0.2) is 25.5 Å². The van der Waals surface area contributed by atoms with Crippen molar-refractivity contribution in [3.63, 3.8) is 0 Å². The zero-order valence-electron chi connectivity index (χ0n) is 11.2. The average molecular weight is 325 g/mol. The van der Waals surface area contributed by atoms with Crippen LogP contribution in [0.1, 0.15) is 24.5 Å². The summed E-state index contributed by atoms with van der Waals surface area (Å²) >= 11 is 0. The lowest BCUT2D eigenvalue weighted by Crippen LogP contribution is -2.34. The number of nitrogens with one attached hydrogen (secondary N) is 1. The van der Waals surface area contributed by atoms with Gasteiger partial charge < -0.3 is 5.11 Å². The smallest absolute Gasteiger partial charge is 0.416 e. The molecule has 0 saturated heterocycles. The van der Waals surface area contributed by atoms with Crippen LogP contribution in [0.15, 0.2) is 23.1 Å². The molecule has 0 aliphatic rings. The van der Waals surface area contributed by atoms with Crippen molar-refractivity contribution in [2.75, 3.05) is 0 Å². The number of alkyl halides is 3. The number of hydrogen-bond acceptors (Lipinski definition) is 3. The Labute approximate surface area is 119 Å². The van der Waals surface area contributed by atoms with Crippen LogP contribution in [0.25, 0.3) is 0 Å². The molecule has 0 radical (unpaired) electrons. The van der Waals surface area contributed by atoms with Crippen molar-refractivity contribution < 1.29 is 31.5 Å². The molecule has 118 valence electrons. The van der Waals surface area contributed by atoms with Crippen molar-refractivity contribution in [3.05, 3.63) is 29.3 Å². The highest BCUT2D eigenvalue weighted by Crippen LogP contribution is 2.31. The highest BCUT2D eigenvalue weighted by atomic mass is 32.2. The average Bonchev–Trinajstić information content (AvgIpc) is 2.24. The Morgan fingerprint density at radius 1 is 1.38 bits per heavy atom. The van der Waals surface area contributed by atoms with E-state index in [1.807, 2.05) is 0 Å². The van der Waals surface area contributed by atoms with Crippen molar-refractivity contribution in [1.82, 2.24) is 4.72 Å². The minimum atomic E-state index is -4.56. The minimum Gasteiger partial charge on any atom is -0.481 e. The Hall–Kier alpha value is -1.61. The number of benzene rings is 1. The quantitative estimate of drug-likeness (QED) is 0.869. The van der Waals surface area contributed by atoms with Crippen LogP contribution in [0.5, 0.6) is 0 Å². The van der Waals surface area contributed by atoms with Gasteiger partial charge >= 0.3 is 12.1 Å². The van der Waals surface area contributed by atoms with E-state index < -0.39 is 40.2 Å². The zero-order valence-corrected chi connectivity index (χ0v) is 12.0. The maximum Gasteiger partial charge on any atom is 0.416 e. The fourth-order valence-corrected chi connectivity index (χ4v) is 3.23. The Morgan fingerprint density at radius 2 is 1.95 bits per heavy atom. The normalized spacial score (nSPS) is 14.0. The predicted octanol–water partition coefficient (Wildman–Crippen LogP) is 2.16. The van der Waals surface area contributed by atoms with Gasteiger partial charge in [0.1, 0.15) is 0 Å². The standard InChI is InChI=1S/C12H14F3NO4S/c1-7-5-9(12(13,14)15)3-4-10(7)21(19,20)16-8(2)6-11(17)18/h3-5,8,16H,6H2,1-2H3,(H,17,18). The molecule has 5 nitrogen and oxygen atoms in total. The summed E-state index contributed by atoms with van der Waals surface area (Å²) < 4.78 is 63.7. The summed E-state index contributed by atoms with van der Waals surface area (Å²) in [4.78, 5) is 10.2. The molecule has 0 aromatic heterocycles. The van der Waals surface area contributed by atoms with Gasteiger partial charge in [0.2, 0.25) is 10.0 Å². The summed E-state index contributed by atoms with van der Waals surface area (Å²) in [6.45, 7) is 2.59. The lowest BCUT2D eigenvalue weighted by Gasteiger charge is -2.15. The van der Waals surface area contributed by atoms with Crippen molar-refractivity contribution in [2.45, 2.75) is 37.4 Å². The van der Waals surface area contributed by atoms with Crippen LogP contribution in [0, 0.1) is 6.92 Å². The molecule has 1 aromatic carbocycles. The van der Waals surface area contributed by atoms with Crippen LogP contribution >= 0.6 is 0 Å². The number of carboxylic acids is 1. The van der Waals surface area contributed by atoms with Gasteiger partial charge in [0.05, 0.1) is 16.9 Å². The zero-order chi connectivity index (χ0) is 16.4. The molecule has 0 spiro atoms. The third-order valence-electron chi connectivity index (χ3n) is 2.63. The topological polar surface area (TPSA) is 83.5 Å². The van der Waals surface area contributed by atoms with Gasteiger partial charge in [0.25, 0.3) is 0 Å². The number of aliphatic carboxylic acids is 1. The molecule has 0 fully saturated rings. The van der Waals surface area contributed by atoms with Gasteiger partial charge in [-0.2, -0.15) is 13.2 Å². The van der Waals surface area contributed by atoms with E-state index in [4.69, 9.17) is 5.11 Å². The van der Waals surface area contributed by atoms with E-state index in [0.29, 0.717) is 6.07 Å². The molecule has 0 amide bonds. The Balaban J connectivity index is 3.07. The van der Waals surface area contributed by atoms with Crippen molar-refractivity contribution in [2.24, 2.45) is 0 Å². The monoisotopic (exact) mass is 325 g/mol. The molecule has 0 bridgehead atoms. The van der Waals surface area contributed by atoms with Gasteiger partial charge in [0, 0.05) is 6.04 Å². The molecule has 9 heteroatoms. The lowest BCUT2D eigenvalue weighted by atomic mass is 10.1. The molecule has 0 aliphatic heterocycles. The Bertz CT molecular complexity index is 640. The van der Waals surface area contributed by atoms with Gasteiger partial charge in [-0.25, -0.2) is 13.1 Å². The number of carbonyl (C=O) groups is 1. The highest BCUT2D eigenvalue weighted by molar-refractivity contribution is 7.89. The SMILES string of the molecule is Cc1cc(C(F)(F)F)ccc1S(=O)(=O)NC(C)CC(=O)O. The number of carboxylic acid groups (broad SMARTS) is 1. The molecular formula is C12H14F3NO4S. The third kappa shape index (κ3) is 4.71. The second kappa shape index (κ2) is 6.02. The summed E-state index contributed by atoms with van der Waals surface area (Å²) in [5.74, 6) is -1.19. The summed E-state index contributed by atoms with van der Waals surface area (Å²) in [6.07, 6.45) is -4.99. The van der Waals surface area contributed by atoms with Crippen molar-refractivity contribution >= 4 is 16.0 Å². The molecule has 1 aromatic rings. The first kappa shape index (κ1) is 17.4. The van der Waals surface area contributed by atoms with Crippen molar-refractivity contribution in [3.8, 4) is 0 Å². The molecule has 1 unspecified atom stereocenters. The molecule has 2 N–H and O–H groups in total. The second-order valence-corrected chi connectivity index (χ2v) is 6.28. The first-order chi connectivity index (χ1) is 9.43. The summed E-state index contributed by atoms with van der Waals surface area (Å²) in [5.41, 5.74) is -1.02. The van der Waals surface area contributed by atoms with Gasteiger partial charge in [-0.1, -0.05) is 0 Å². The summed E-state index contributed by atoms with van der Waals surface area (Å²) in [7, 11) is -4.08. The summed E-state index contributed by atoms with van der Waals surface area (Å²) in [6, 6.07) is 1.38. The molecule has 0 saturated carbocycles. The van der Waals surface area contributed by atoms with E-state index in [9.17, 15) is 26.4 Å². The maximum atomic E-state index is 12.5. The fraction of sp³-hybridized carbons (Fsp3) is 0.417. The van der Waals surface area contributed by atoms with Crippen LogP contribution in [0.4, 0.5) is 13.2 Å². The number of sulfonamides is 1. The maximum absolute atomic E-state index is 12.5. The fourth-order valence-electron chi connectivity index (χ4n) is 1.76. The van der Waals surface area contributed by atoms with E-state index >= 15 is 0 Å². The van der Waals surface area contributed by atoms with E-state index in [-0.39, 0.29) is 10.5 Å². The predicted molar refractivity (Wildman–Crippen MR) is 68.2 cm³/mol. The minimum absolute atomic E-state index is 0.0696. The second-order valence-electron chi connectivity index (χ2n) is 4.60. The third-order valence-corrected chi connectivity index (χ3v) is 4.38. The number of halogens is 3. The Morgan fingerprint density at radius 3 is 2.38 bits per heavy atom. The first-order valence-corrected chi connectivity index (χ1v) is 7.34. The Kier molecular flexibility index (Phi) is 5.00. The van der Waals surface area contributed by atoms with E-state index in [1.54, 1.807) is 0 Å². The summed E-state index contributed by atoms with van der Waals surface area (Å²) in [5, 5.41) is 8.57. The van der Waals surface area contributed by atoms with Crippen LogP contribution in [-0.2, 0) is 21.0 Å². The van der Waals surface area contributed by atoms with Gasteiger partial charge in [-0.15, -0.1) is 0 Å². The van der Waals surface area contributed by atoms with Gasteiger partial charge in [-0.3, -0.25) is 4.79 Å². The number of hydrogen-bond donors (Lipinski definition) is 2. The lowest BCUT2D eigenvalue weighted by molar-refractivity contribution is -0.138. The van der Waals surface area contributed by atoms with Gasteiger partial charge in [-0.05, 0) is 37.6 Å². The van der Waals surface area contributed by atoms with Crippen LogP contribution in [0.2, 0.25) is 0 Å². The number of aryl methyl sites for hydroxylation is 1. The molecular weight excluding hydrogens is 311 g/mol. The molecule has 0 heterocycles. The van der Waals surface area contributed by atoms with E-state index in [0.717, 1.165) is 12.1 Å². The van der Waals surface area contributed by atoms with Crippen LogP contribution < -0.4 is 4.72 Å². The van der Waals surface area contributed by atoms with Crippen LogP contribution in [0.3, 0.4) is 0 Å². The first-order valence-electron chi connectivity index (χ1n) is 5.85. The van der Waals surface area contributed by atoms with Gasteiger partial charge in [0.15, 0.2) is 0 Å².